The molecular weight excluding hydrogens is 374 g/mol. The van der Waals surface area contributed by atoms with Crippen LogP contribution in [0.15, 0.2) is 84.9 Å². The fourth-order valence-electron chi connectivity index (χ4n) is 3.74. The van der Waals surface area contributed by atoms with E-state index in [0.717, 1.165) is 38.3 Å². The molecule has 0 unspecified atom stereocenters. The average molecular weight is 402 g/mol. The largest absolute Gasteiger partial charge is 0.457 e. The Balaban J connectivity index is 1.30. The van der Waals surface area contributed by atoms with Crippen molar-refractivity contribution in [3.63, 3.8) is 0 Å². The van der Waals surface area contributed by atoms with E-state index in [2.05, 4.69) is 12.1 Å². The zero-order valence-corrected chi connectivity index (χ0v) is 17.1. The molecule has 30 heavy (non-hydrogen) atoms. The number of likely N-dealkylation sites (tertiary alicyclic amines) is 1. The van der Waals surface area contributed by atoms with Crippen molar-refractivity contribution in [2.45, 2.75) is 19.4 Å². The molecule has 154 valence electrons. The van der Waals surface area contributed by atoms with Gasteiger partial charge in [-0.15, -0.1) is 0 Å². The van der Waals surface area contributed by atoms with E-state index in [1.54, 1.807) is 0 Å². The fraction of sp³-hybridized carbons (Fsp3) is 0.269. The molecule has 1 aliphatic rings. The summed E-state index contributed by atoms with van der Waals surface area (Å²) in [5.41, 5.74) is 1.81. The van der Waals surface area contributed by atoms with Crippen molar-refractivity contribution < 1.29 is 14.3 Å². The summed E-state index contributed by atoms with van der Waals surface area (Å²) >= 11 is 0. The van der Waals surface area contributed by atoms with Gasteiger partial charge in [0, 0.05) is 19.7 Å². The van der Waals surface area contributed by atoms with Gasteiger partial charge in [-0.1, -0.05) is 60.7 Å². The molecule has 3 aromatic rings. The van der Waals surface area contributed by atoms with Crippen LogP contribution in [-0.2, 0) is 11.3 Å². The topological polar surface area (TPSA) is 38.8 Å². The molecule has 3 aromatic carbocycles. The first-order valence-corrected chi connectivity index (χ1v) is 10.5. The summed E-state index contributed by atoms with van der Waals surface area (Å²) < 4.78 is 11.9. The van der Waals surface area contributed by atoms with Crippen LogP contribution in [-0.4, -0.2) is 30.5 Å². The number of nitrogens with zero attached hydrogens (tertiary/aromatic N) is 1. The van der Waals surface area contributed by atoms with Crippen LogP contribution in [0.25, 0.3) is 0 Å². The standard InChI is InChI=1S/C26H27NO3/c28-26(24-13-7-8-14-25(24)30-23-11-5-2-6-12-23)27-17-15-22(16-18-27)20-29-19-21-9-3-1-4-10-21/h1-14,22H,15-20H2. The summed E-state index contributed by atoms with van der Waals surface area (Å²) in [5.74, 6) is 1.85. The van der Waals surface area contributed by atoms with Crippen LogP contribution in [0.2, 0.25) is 0 Å². The number of amides is 1. The van der Waals surface area contributed by atoms with Gasteiger partial charge in [-0.3, -0.25) is 4.79 Å². The summed E-state index contributed by atoms with van der Waals surface area (Å²) in [7, 11) is 0. The maximum Gasteiger partial charge on any atom is 0.257 e. The maximum absolute atomic E-state index is 13.1. The Kier molecular flexibility index (Phi) is 6.78. The quantitative estimate of drug-likeness (QED) is 0.521. The normalized spacial score (nSPS) is 14.5. The van der Waals surface area contributed by atoms with Gasteiger partial charge in [0.05, 0.1) is 12.2 Å². The smallest absolute Gasteiger partial charge is 0.257 e. The lowest BCUT2D eigenvalue weighted by Gasteiger charge is -2.32. The van der Waals surface area contributed by atoms with Gasteiger partial charge < -0.3 is 14.4 Å². The molecule has 0 saturated carbocycles. The van der Waals surface area contributed by atoms with Crippen molar-refractivity contribution in [2.24, 2.45) is 5.92 Å². The first kappa shape index (κ1) is 20.2. The SMILES string of the molecule is O=C(c1ccccc1Oc1ccccc1)N1CCC(COCc2ccccc2)CC1. The van der Waals surface area contributed by atoms with Crippen molar-refractivity contribution in [1.29, 1.82) is 0 Å². The fourth-order valence-corrected chi connectivity index (χ4v) is 3.74. The summed E-state index contributed by atoms with van der Waals surface area (Å²) in [6.07, 6.45) is 1.92. The molecule has 0 radical (unpaired) electrons. The molecule has 1 aliphatic heterocycles. The second-order valence-corrected chi connectivity index (χ2v) is 7.65. The van der Waals surface area contributed by atoms with Gasteiger partial charge in [-0.25, -0.2) is 0 Å². The van der Waals surface area contributed by atoms with Gasteiger partial charge in [-0.2, -0.15) is 0 Å². The molecule has 0 aliphatic carbocycles. The van der Waals surface area contributed by atoms with Crippen molar-refractivity contribution in [3.8, 4) is 11.5 Å². The zero-order chi connectivity index (χ0) is 20.6. The highest BCUT2D eigenvalue weighted by Crippen LogP contribution is 2.28. The van der Waals surface area contributed by atoms with Crippen LogP contribution in [0.1, 0.15) is 28.8 Å². The van der Waals surface area contributed by atoms with Gasteiger partial charge in [0.1, 0.15) is 11.5 Å². The number of benzene rings is 3. The monoisotopic (exact) mass is 401 g/mol. The van der Waals surface area contributed by atoms with Gasteiger partial charge >= 0.3 is 0 Å². The van der Waals surface area contributed by atoms with Crippen LogP contribution in [0, 0.1) is 5.92 Å². The van der Waals surface area contributed by atoms with Crippen molar-refractivity contribution in [1.82, 2.24) is 4.90 Å². The third kappa shape index (κ3) is 5.28. The molecule has 0 spiro atoms. The minimum atomic E-state index is 0.0326. The summed E-state index contributed by atoms with van der Waals surface area (Å²) in [4.78, 5) is 15.1. The first-order valence-electron chi connectivity index (χ1n) is 10.5. The van der Waals surface area contributed by atoms with Gasteiger partial charge in [0.15, 0.2) is 0 Å². The third-order valence-corrected chi connectivity index (χ3v) is 5.46. The molecule has 1 fully saturated rings. The highest BCUT2D eigenvalue weighted by Gasteiger charge is 2.25. The molecular formula is C26H27NO3. The minimum absolute atomic E-state index is 0.0326. The van der Waals surface area contributed by atoms with Crippen molar-refractivity contribution in [2.75, 3.05) is 19.7 Å². The Hall–Kier alpha value is -3.11. The van der Waals surface area contributed by atoms with E-state index in [1.165, 1.54) is 5.56 Å². The first-order chi connectivity index (χ1) is 14.8. The number of hydrogen-bond acceptors (Lipinski definition) is 3. The molecule has 4 heteroatoms. The van der Waals surface area contributed by atoms with Gasteiger partial charge in [0.25, 0.3) is 5.91 Å². The Morgan fingerprint density at radius 3 is 2.20 bits per heavy atom. The Morgan fingerprint density at radius 2 is 1.47 bits per heavy atom. The molecule has 0 N–H and O–H groups in total. The van der Waals surface area contributed by atoms with Gasteiger partial charge in [-0.05, 0) is 48.6 Å². The molecule has 1 saturated heterocycles. The molecule has 0 atom stereocenters. The number of hydrogen-bond donors (Lipinski definition) is 0. The van der Waals surface area contributed by atoms with Crippen molar-refractivity contribution >= 4 is 5.91 Å². The number of ether oxygens (including phenoxy) is 2. The lowest BCUT2D eigenvalue weighted by Crippen LogP contribution is -2.39. The van der Waals surface area contributed by atoms with Crippen LogP contribution >= 0.6 is 0 Å². The molecule has 1 amide bonds. The number of rotatable bonds is 7. The van der Waals surface area contributed by atoms with Crippen LogP contribution in [0.4, 0.5) is 0 Å². The third-order valence-electron chi connectivity index (χ3n) is 5.46. The predicted molar refractivity (Wildman–Crippen MR) is 118 cm³/mol. The van der Waals surface area contributed by atoms with Gasteiger partial charge in [0.2, 0.25) is 0 Å². The molecule has 4 nitrogen and oxygen atoms in total. The summed E-state index contributed by atoms with van der Waals surface area (Å²) in [6.45, 7) is 2.88. The van der Waals surface area contributed by atoms with E-state index in [9.17, 15) is 4.79 Å². The van der Waals surface area contributed by atoms with Crippen LogP contribution < -0.4 is 4.74 Å². The summed E-state index contributed by atoms with van der Waals surface area (Å²) in [6, 6.07) is 27.3. The molecule has 0 aromatic heterocycles. The number of carbonyl (C=O) groups excluding carboxylic acids is 1. The van der Waals surface area contributed by atoms with E-state index >= 15 is 0 Å². The van der Waals surface area contributed by atoms with Crippen molar-refractivity contribution in [3.05, 3.63) is 96.1 Å². The van der Waals surface area contributed by atoms with E-state index < -0.39 is 0 Å². The second kappa shape index (κ2) is 10.1. The number of para-hydroxylation sites is 2. The average Bonchev–Trinajstić information content (AvgIpc) is 2.81. The summed E-state index contributed by atoms with van der Waals surface area (Å²) in [5, 5.41) is 0. The lowest BCUT2D eigenvalue weighted by atomic mass is 9.97. The highest BCUT2D eigenvalue weighted by atomic mass is 16.5. The van der Waals surface area contributed by atoms with E-state index in [0.29, 0.717) is 23.8 Å². The molecule has 1 heterocycles. The predicted octanol–water partition coefficient (Wildman–Crippen LogP) is 5.55. The van der Waals surface area contributed by atoms with E-state index in [4.69, 9.17) is 9.47 Å². The van der Waals surface area contributed by atoms with Crippen LogP contribution in [0.5, 0.6) is 11.5 Å². The Labute approximate surface area is 178 Å². The van der Waals surface area contributed by atoms with E-state index in [-0.39, 0.29) is 5.91 Å². The molecule has 0 bridgehead atoms. The Morgan fingerprint density at radius 1 is 0.833 bits per heavy atom. The second-order valence-electron chi connectivity index (χ2n) is 7.65. The van der Waals surface area contributed by atoms with Crippen LogP contribution in [0.3, 0.4) is 0 Å². The lowest BCUT2D eigenvalue weighted by molar-refractivity contribution is 0.0477. The zero-order valence-electron chi connectivity index (χ0n) is 17.1. The molecule has 4 rings (SSSR count). The number of piperidine rings is 1. The number of carbonyl (C=O) groups is 1. The Bertz CT molecular complexity index is 935. The minimum Gasteiger partial charge on any atom is -0.457 e. The highest BCUT2D eigenvalue weighted by molar-refractivity contribution is 5.97. The maximum atomic E-state index is 13.1. The van der Waals surface area contributed by atoms with E-state index in [1.807, 2.05) is 77.7 Å².